The standard InChI is InChI=1S/C12H10N2O2S/c1-16-12(15)9-4-2-3-8(5-9)6-10(7-13)11(14)17/h2-6H,1H3,(H2,14,17). The maximum absolute atomic E-state index is 11.3. The molecule has 1 aromatic carbocycles. The van der Waals surface area contributed by atoms with Crippen LogP contribution in [0.25, 0.3) is 6.08 Å². The minimum atomic E-state index is -0.436. The third-order valence-electron chi connectivity index (χ3n) is 2.00. The zero-order valence-electron chi connectivity index (χ0n) is 9.14. The first-order valence-electron chi connectivity index (χ1n) is 4.68. The average molecular weight is 246 g/mol. The predicted molar refractivity (Wildman–Crippen MR) is 68.2 cm³/mol. The first kappa shape index (κ1) is 12.9. The van der Waals surface area contributed by atoms with Crippen LogP contribution >= 0.6 is 12.2 Å². The van der Waals surface area contributed by atoms with Gasteiger partial charge in [0.15, 0.2) is 0 Å². The molecule has 4 nitrogen and oxygen atoms in total. The van der Waals surface area contributed by atoms with Crippen LogP contribution < -0.4 is 5.73 Å². The van der Waals surface area contributed by atoms with E-state index in [1.54, 1.807) is 24.3 Å². The highest BCUT2D eigenvalue weighted by atomic mass is 32.1. The van der Waals surface area contributed by atoms with Crippen LogP contribution in [-0.2, 0) is 4.74 Å². The van der Waals surface area contributed by atoms with Crippen LogP contribution in [0.5, 0.6) is 0 Å². The molecule has 1 rings (SSSR count). The quantitative estimate of drug-likeness (QED) is 0.380. The van der Waals surface area contributed by atoms with E-state index in [4.69, 9.17) is 23.2 Å². The van der Waals surface area contributed by atoms with Gasteiger partial charge in [-0.15, -0.1) is 0 Å². The maximum Gasteiger partial charge on any atom is 0.337 e. The number of benzene rings is 1. The van der Waals surface area contributed by atoms with E-state index in [1.807, 2.05) is 6.07 Å². The van der Waals surface area contributed by atoms with E-state index in [1.165, 1.54) is 13.2 Å². The molecule has 0 radical (unpaired) electrons. The summed E-state index contributed by atoms with van der Waals surface area (Å²) in [7, 11) is 1.31. The van der Waals surface area contributed by atoms with Crippen molar-refractivity contribution in [3.63, 3.8) is 0 Å². The average Bonchev–Trinajstić information content (AvgIpc) is 2.34. The van der Waals surface area contributed by atoms with Crippen molar-refractivity contribution in [2.45, 2.75) is 0 Å². The number of carbonyl (C=O) groups excluding carboxylic acids is 1. The molecule has 2 N–H and O–H groups in total. The lowest BCUT2D eigenvalue weighted by atomic mass is 10.1. The number of methoxy groups -OCH3 is 1. The lowest BCUT2D eigenvalue weighted by molar-refractivity contribution is 0.0600. The summed E-state index contributed by atoms with van der Waals surface area (Å²) < 4.78 is 4.59. The zero-order valence-corrected chi connectivity index (χ0v) is 9.95. The molecule has 0 bridgehead atoms. The molecule has 86 valence electrons. The molecule has 17 heavy (non-hydrogen) atoms. The van der Waals surface area contributed by atoms with Gasteiger partial charge in [0.05, 0.1) is 18.2 Å². The van der Waals surface area contributed by atoms with Crippen molar-refractivity contribution in [2.75, 3.05) is 7.11 Å². The SMILES string of the molecule is COC(=O)c1cccc(C=C(C#N)C(N)=S)c1. The molecule has 0 atom stereocenters. The number of carbonyl (C=O) groups is 1. The van der Waals surface area contributed by atoms with Crippen LogP contribution in [0, 0.1) is 11.3 Å². The Kier molecular flexibility index (Phi) is 4.37. The van der Waals surface area contributed by atoms with Gasteiger partial charge >= 0.3 is 5.97 Å². The van der Waals surface area contributed by atoms with Gasteiger partial charge in [0.1, 0.15) is 11.1 Å². The van der Waals surface area contributed by atoms with Gasteiger partial charge in [-0.05, 0) is 23.8 Å². The number of hydrogen-bond acceptors (Lipinski definition) is 4. The van der Waals surface area contributed by atoms with Crippen molar-refractivity contribution in [3.05, 3.63) is 41.0 Å². The van der Waals surface area contributed by atoms with E-state index in [0.29, 0.717) is 11.1 Å². The van der Waals surface area contributed by atoms with Crippen molar-refractivity contribution in [3.8, 4) is 6.07 Å². The summed E-state index contributed by atoms with van der Waals surface area (Å²) in [6.07, 6.45) is 1.52. The van der Waals surface area contributed by atoms with Gasteiger partial charge < -0.3 is 10.5 Å². The Balaban J connectivity index is 3.13. The zero-order chi connectivity index (χ0) is 12.8. The second-order valence-electron chi connectivity index (χ2n) is 3.15. The Morgan fingerprint density at radius 3 is 2.82 bits per heavy atom. The van der Waals surface area contributed by atoms with Crippen molar-refractivity contribution in [1.29, 1.82) is 5.26 Å². The molecule has 5 heteroatoms. The number of nitriles is 1. The third-order valence-corrected chi connectivity index (χ3v) is 2.22. The summed E-state index contributed by atoms with van der Waals surface area (Å²) in [5.74, 6) is -0.436. The second-order valence-corrected chi connectivity index (χ2v) is 3.59. The first-order chi connectivity index (χ1) is 8.08. The number of rotatable bonds is 3. The number of hydrogen-bond donors (Lipinski definition) is 1. The fourth-order valence-corrected chi connectivity index (χ4v) is 1.30. The molecule has 0 aromatic heterocycles. The van der Waals surface area contributed by atoms with E-state index >= 15 is 0 Å². The Labute approximate surface area is 104 Å². The lowest BCUT2D eigenvalue weighted by Gasteiger charge is -2.01. The summed E-state index contributed by atoms with van der Waals surface area (Å²) in [4.78, 5) is 11.3. The van der Waals surface area contributed by atoms with Gasteiger partial charge in [-0.3, -0.25) is 0 Å². The highest BCUT2D eigenvalue weighted by Gasteiger charge is 2.05. The molecular weight excluding hydrogens is 236 g/mol. The highest BCUT2D eigenvalue weighted by molar-refractivity contribution is 7.80. The molecule has 0 amide bonds. The minimum absolute atomic E-state index is 0.0240. The fraction of sp³-hybridized carbons (Fsp3) is 0.0833. The van der Waals surface area contributed by atoms with Gasteiger partial charge in [0.2, 0.25) is 0 Å². The monoisotopic (exact) mass is 246 g/mol. The van der Waals surface area contributed by atoms with Crippen molar-refractivity contribution in [1.82, 2.24) is 0 Å². The molecular formula is C12H10N2O2S. The third kappa shape index (κ3) is 3.40. The number of nitrogens with two attached hydrogens (primary N) is 1. The highest BCUT2D eigenvalue weighted by Crippen LogP contribution is 2.10. The lowest BCUT2D eigenvalue weighted by Crippen LogP contribution is -2.09. The Morgan fingerprint density at radius 1 is 1.59 bits per heavy atom. The number of thiocarbonyl (C=S) groups is 1. The summed E-state index contributed by atoms with van der Waals surface area (Å²) >= 11 is 4.72. The van der Waals surface area contributed by atoms with Crippen LogP contribution in [0.3, 0.4) is 0 Å². The Bertz CT molecular complexity index is 530. The molecule has 0 aliphatic carbocycles. The Hall–Kier alpha value is -2.19. The summed E-state index contributed by atoms with van der Waals surface area (Å²) in [5.41, 5.74) is 6.63. The predicted octanol–water partition coefficient (Wildman–Crippen LogP) is 1.67. The van der Waals surface area contributed by atoms with Gasteiger partial charge in [-0.25, -0.2) is 4.79 Å². The normalized spacial score (nSPS) is 10.5. The number of ether oxygens (including phenoxy) is 1. The van der Waals surface area contributed by atoms with Crippen LogP contribution in [0.4, 0.5) is 0 Å². The summed E-state index contributed by atoms with van der Waals surface area (Å²) in [6, 6.07) is 8.54. The summed E-state index contributed by atoms with van der Waals surface area (Å²) in [6.45, 7) is 0. The van der Waals surface area contributed by atoms with Gasteiger partial charge in [0, 0.05) is 0 Å². The number of esters is 1. The molecule has 0 spiro atoms. The molecule has 1 aromatic rings. The van der Waals surface area contributed by atoms with E-state index in [2.05, 4.69) is 4.74 Å². The molecule has 0 heterocycles. The molecule has 0 fully saturated rings. The second kappa shape index (κ2) is 5.77. The smallest absolute Gasteiger partial charge is 0.337 e. The molecule has 0 saturated heterocycles. The van der Waals surface area contributed by atoms with Crippen molar-refractivity contribution >= 4 is 29.3 Å². The van der Waals surface area contributed by atoms with E-state index in [9.17, 15) is 4.79 Å². The van der Waals surface area contributed by atoms with Crippen LogP contribution in [0.1, 0.15) is 15.9 Å². The van der Waals surface area contributed by atoms with E-state index in [-0.39, 0.29) is 10.6 Å². The van der Waals surface area contributed by atoms with E-state index < -0.39 is 5.97 Å². The molecule has 0 aliphatic rings. The van der Waals surface area contributed by atoms with Crippen molar-refractivity contribution < 1.29 is 9.53 Å². The van der Waals surface area contributed by atoms with Gasteiger partial charge in [-0.1, -0.05) is 24.4 Å². The van der Waals surface area contributed by atoms with Gasteiger partial charge in [-0.2, -0.15) is 5.26 Å². The topological polar surface area (TPSA) is 76.1 Å². The van der Waals surface area contributed by atoms with Gasteiger partial charge in [0.25, 0.3) is 0 Å². The van der Waals surface area contributed by atoms with Crippen molar-refractivity contribution in [2.24, 2.45) is 5.73 Å². The molecule has 0 aliphatic heterocycles. The first-order valence-corrected chi connectivity index (χ1v) is 5.09. The molecule has 0 unspecified atom stereocenters. The van der Waals surface area contributed by atoms with Crippen LogP contribution in [0.15, 0.2) is 29.8 Å². The summed E-state index contributed by atoms with van der Waals surface area (Å²) in [5, 5.41) is 8.80. The van der Waals surface area contributed by atoms with Crippen LogP contribution in [-0.4, -0.2) is 18.1 Å². The Morgan fingerprint density at radius 2 is 2.29 bits per heavy atom. The fourth-order valence-electron chi connectivity index (χ4n) is 1.20. The largest absolute Gasteiger partial charge is 0.465 e. The number of nitrogens with zero attached hydrogens (tertiary/aromatic N) is 1. The maximum atomic E-state index is 11.3. The minimum Gasteiger partial charge on any atom is -0.465 e. The van der Waals surface area contributed by atoms with Crippen LogP contribution in [0.2, 0.25) is 0 Å². The molecule has 0 saturated carbocycles. The van der Waals surface area contributed by atoms with E-state index in [0.717, 1.165) is 0 Å².